The van der Waals surface area contributed by atoms with E-state index in [0.717, 1.165) is 24.6 Å². The van der Waals surface area contributed by atoms with Gasteiger partial charge >= 0.3 is 5.97 Å². The average Bonchev–Trinajstić information content (AvgIpc) is 3.32. The highest BCUT2D eigenvalue weighted by Gasteiger charge is 2.31. The molecule has 0 radical (unpaired) electrons. The molecule has 0 bridgehead atoms. The molecule has 4 heteroatoms. The van der Waals surface area contributed by atoms with Crippen LogP contribution in [0.1, 0.15) is 44.2 Å². The maximum Gasteiger partial charge on any atom is 0.305 e. The van der Waals surface area contributed by atoms with Crippen molar-refractivity contribution >= 4 is 5.97 Å². The summed E-state index contributed by atoms with van der Waals surface area (Å²) >= 11 is 0. The fourth-order valence-electron chi connectivity index (χ4n) is 2.52. The van der Waals surface area contributed by atoms with Crippen LogP contribution in [0.3, 0.4) is 0 Å². The van der Waals surface area contributed by atoms with E-state index in [2.05, 4.69) is 17.4 Å². The molecule has 1 aliphatic carbocycles. The predicted octanol–water partition coefficient (Wildman–Crippen LogP) is 3.08. The summed E-state index contributed by atoms with van der Waals surface area (Å²) in [5.41, 5.74) is 1.30. The van der Waals surface area contributed by atoms with Crippen LogP contribution >= 0.6 is 0 Å². The van der Waals surface area contributed by atoms with Crippen molar-refractivity contribution in [3.05, 3.63) is 29.8 Å². The van der Waals surface area contributed by atoms with Gasteiger partial charge in [-0.25, -0.2) is 0 Å². The molecule has 0 saturated heterocycles. The zero-order valence-corrected chi connectivity index (χ0v) is 12.9. The van der Waals surface area contributed by atoms with Gasteiger partial charge in [0.1, 0.15) is 5.75 Å². The Bertz CT molecular complexity index is 440. The third-order valence-electron chi connectivity index (χ3n) is 3.80. The minimum Gasteiger partial charge on any atom is -0.497 e. The number of nitrogens with one attached hydrogen (secondary N) is 1. The Hall–Kier alpha value is -1.55. The van der Waals surface area contributed by atoms with Crippen LogP contribution in [-0.4, -0.2) is 26.2 Å². The van der Waals surface area contributed by atoms with Crippen LogP contribution in [0.5, 0.6) is 5.75 Å². The molecule has 0 spiro atoms. The van der Waals surface area contributed by atoms with Gasteiger partial charge in [0.25, 0.3) is 0 Å². The van der Waals surface area contributed by atoms with E-state index in [9.17, 15) is 4.79 Å². The fourth-order valence-corrected chi connectivity index (χ4v) is 2.52. The molecule has 116 valence electrons. The lowest BCUT2D eigenvalue weighted by atomic mass is 10.0. The van der Waals surface area contributed by atoms with Crippen molar-refractivity contribution in [3.63, 3.8) is 0 Å². The predicted molar refractivity (Wildman–Crippen MR) is 82.3 cm³/mol. The Morgan fingerprint density at radius 3 is 2.62 bits per heavy atom. The summed E-state index contributed by atoms with van der Waals surface area (Å²) in [6, 6.07) is 8.65. The van der Waals surface area contributed by atoms with E-state index in [4.69, 9.17) is 9.47 Å². The van der Waals surface area contributed by atoms with Crippen molar-refractivity contribution in [3.8, 4) is 5.75 Å². The van der Waals surface area contributed by atoms with Crippen molar-refractivity contribution in [2.75, 3.05) is 20.3 Å². The molecule has 0 heterocycles. The van der Waals surface area contributed by atoms with Crippen molar-refractivity contribution in [1.29, 1.82) is 0 Å². The first kappa shape index (κ1) is 15.8. The molecule has 0 aliphatic heterocycles. The quantitative estimate of drug-likeness (QED) is 0.561. The first-order chi connectivity index (χ1) is 10.2. The summed E-state index contributed by atoms with van der Waals surface area (Å²) in [5.74, 6) is 1.50. The van der Waals surface area contributed by atoms with E-state index >= 15 is 0 Å². The largest absolute Gasteiger partial charge is 0.497 e. The minimum atomic E-state index is -0.105. The third kappa shape index (κ3) is 5.05. The molecular formula is C17H25NO3. The number of carbonyl (C=O) groups excluding carboxylic acids is 1. The van der Waals surface area contributed by atoms with Gasteiger partial charge in [0.15, 0.2) is 0 Å². The highest BCUT2D eigenvalue weighted by Crippen LogP contribution is 2.41. The summed E-state index contributed by atoms with van der Waals surface area (Å²) in [6.45, 7) is 3.14. The fraction of sp³-hybridized carbons (Fsp3) is 0.588. The molecule has 0 aromatic heterocycles. The number of benzene rings is 1. The van der Waals surface area contributed by atoms with Gasteiger partial charge in [-0.05, 0) is 56.3 Å². The van der Waals surface area contributed by atoms with Gasteiger partial charge in [0.05, 0.1) is 13.7 Å². The topological polar surface area (TPSA) is 47.6 Å². The zero-order chi connectivity index (χ0) is 15.1. The van der Waals surface area contributed by atoms with Crippen LogP contribution in [0, 0.1) is 5.92 Å². The zero-order valence-electron chi connectivity index (χ0n) is 12.9. The van der Waals surface area contributed by atoms with Crippen molar-refractivity contribution in [2.24, 2.45) is 5.92 Å². The Morgan fingerprint density at radius 2 is 2.05 bits per heavy atom. The van der Waals surface area contributed by atoms with Gasteiger partial charge in [-0.3, -0.25) is 4.79 Å². The van der Waals surface area contributed by atoms with E-state index in [1.165, 1.54) is 18.4 Å². The normalized spacial score (nSPS) is 15.5. The molecule has 1 aromatic carbocycles. The maximum atomic E-state index is 11.3. The van der Waals surface area contributed by atoms with Crippen LogP contribution in [0.15, 0.2) is 24.3 Å². The average molecular weight is 291 g/mol. The first-order valence-corrected chi connectivity index (χ1v) is 7.77. The highest BCUT2D eigenvalue weighted by molar-refractivity contribution is 5.69. The van der Waals surface area contributed by atoms with Crippen molar-refractivity contribution in [2.45, 2.75) is 38.6 Å². The standard InChI is InChI=1S/C17H25NO3/c1-3-21-16(19)5-4-12-18-17(13-6-7-13)14-8-10-15(20-2)11-9-14/h8-11,13,17-18H,3-7,12H2,1-2H3. The van der Waals surface area contributed by atoms with E-state index in [-0.39, 0.29) is 5.97 Å². The summed E-state index contributed by atoms with van der Waals surface area (Å²) in [4.78, 5) is 11.3. The van der Waals surface area contributed by atoms with Crippen molar-refractivity contribution < 1.29 is 14.3 Å². The molecule has 0 amide bonds. The number of hydrogen-bond acceptors (Lipinski definition) is 4. The Labute approximate surface area is 126 Å². The monoisotopic (exact) mass is 291 g/mol. The number of ether oxygens (including phenoxy) is 2. The molecule has 4 nitrogen and oxygen atoms in total. The number of carbonyl (C=O) groups is 1. The molecule has 1 aromatic rings. The lowest BCUT2D eigenvalue weighted by Crippen LogP contribution is -2.24. The van der Waals surface area contributed by atoms with Crippen LogP contribution in [0.2, 0.25) is 0 Å². The van der Waals surface area contributed by atoms with Gasteiger partial charge in [-0.15, -0.1) is 0 Å². The molecule has 1 atom stereocenters. The van der Waals surface area contributed by atoms with Gasteiger partial charge in [0.2, 0.25) is 0 Å². The first-order valence-electron chi connectivity index (χ1n) is 7.77. The summed E-state index contributed by atoms with van der Waals surface area (Å²) in [7, 11) is 1.68. The summed E-state index contributed by atoms with van der Waals surface area (Å²) < 4.78 is 10.1. The summed E-state index contributed by atoms with van der Waals surface area (Å²) in [6.07, 6.45) is 3.86. The Balaban J connectivity index is 1.80. The summed E-state index contributed by atoms with van der Waals surface area (Å²) in [5, 5.41) is 3.58. The van der Waals surface area contributed by atoms with Crippen LogP contribution in [0.4, 0.5) is 0 Å². The molecule has 1 saturated carbocycles. The molecule has 1 fully saturated rings. The van der Waals surface area contributed by atoms with E-state index in [1.807, 2.05) is 19.1 Å². The smallest absolute Gasteiger partial charge is 0.305 e. The van der Waals surface area contributed by atoms with Crippen LogP contribution in [0.25, 0.3) is 0 Å². The van der Waals surface area contributed by atoms with Gasteiger partial charge in [-0.1, -0.05) is 12.1 Å². The third-order valence-corrected chi connectivity index (χ3v) is 3.80. The number of methoxy groups -OCH3 is 1. The van der Waals surface area contributed by atoms with E-state index in [0.29, 0.717) is 19.1 Å². The number of rotatable bonds is 9. The highest BCUT2D eigenvalue weighted by atomic mass is 16.5. The van der Waals surface area contributed by atoms with Gasteiger partial charge < -0.3 is 14.8 Å². The second-order valence-electron chi connectivity index (χ2n) is 5.45. The lowest BCUT2D eigenvalue weighted by Gasteiger charge is -2.19. The van der Waals surface area contributed by atoms with E-state index < -0.39 is 0 Å². The molecular weight excluding hydrogens is 266 g/mol. The lowest BCUT2D eigenvalue weighted by molar-refractivity contribution is -0.143. The van der Waals surface area contributed by atoms with E-state index in [1.54, 1.807) is 7.11 Å². The van der Waals surface area contributed by atoms with Crippen molar-refractivity contribution in [1.82, 2.24) is 5.32 Å². The maximum absolute atomic E-state index is 11.3. The Morgan fingerprint density at radius 1 is 1.33 bits per heavy atom. The number of esters is 1. The number of hydrogen-bond donors (Lipinski definition) is 1. The molecule has 1 aliphatic rings. The second-order valence-corrected chi connectivity index (χ2v) is 5.45. The molecule has 21 heavy (non-hydrogen) atoms. The SMILES string of the molecule is CCOC(=O)CCCNC(c1ccc(OC)cc1)C1CC1. The second kappa shape index (κ2) is 8.03. The Kier molecular flexibility index (Phi) is 6.05. The van der Waals surface area contributed by atoms with Gasteiger partial charge in [-0.2, -0.15) is 0 Å². The van der Waals surface area contributed by atoms with Crippen LogP contribution < -0.4 is 10.1 Å². The molecule has 1 N–H and O–H groups in total. The molecule has 2 rings (SSSR count). The van der Waals surface area contributed by atoms with Gasteiger partial charge in [0, 0.05) is 12.5 Å². The minimum absolute atomic E-state index is 0.105. The van der Waals surface area contributed by atoms with Crippen LogP contribution in [-0.2, 0) is 9.53 Å². The molecule has 1 unspecified atom stereocenters.